The van der Waals surface area contributed by atoms with E-state index in [0.29, 0.717) is 10.7 Å². The Bertz CT molecular complexity index is 1330. The Morgan fingerprint density at radius 1 is 1.10 bits per heavy atom. The maximum atomic E-state index is 13.2. The summed E-state index contributed by atoms with van der Waals surface area (Å²) in [5.41, 5.74) is 4.09. The average Bonchev–Trinajstić information content (AvgIpc) is 3.19. The topological polar surface area (TPSA) is 54.9 Å². The van der Waals surface area contributed by atoms with E-state index in [0.717, 1.165) is 33.1 Å². The predicted molar refractivity (Wildman–Crippen MR) is 128 cm³/mol. The molecule has 4 nitrogen and oxygen atoms in total. The van der Waals surface area contributed by atoms with Crippen LogP contribution in [-0.4, -0.2) is 20.0 Å². The summed E-state index contributed by atoms with van der Waals surface area (Å²) in [5.74, 6) is 3.85. The Hall–Kier alpha value is -3.03. The lowest BCUT2D eigenvalue weighted by molar-refractivity contribution is 0.626. The lowest BCUT2D eigenvalue weighted by Gasteiger charge is -2.13. The van der Waals surface area contributed by atoms with E-state index < -0.39 is 9.71 Å². The van der Waals surface area contributed by atoms with E-state index in [2.05, 4.69) is 47.6 Å². The molecule has 1 atom stereocenters. The van der Waals surface area contributed by atoms with Crippen molar-refractivity contribution in [2.24, 2.45) is 0 Å². The SMILES string of the molecule is C=S(=O)(Nc1cc(-c2sc(CC)nc2-c2cccc(C)c2)ccn1)c1ccc(F)cc1. The zero-order valence-corrected chi connectivity index (χ0v) is 18.9. The molecule has 0 fully saturated rings. The van der Waals surface area contributed by atoms with Crippen LogP contribution in [-0.2, 0) is 16.1 Å². The number of hydrogen-bond acceptors (Lipinski definition) is 4. The molecule has 0 saturated heterocycles. The van der Waals surface area contributed by atoms with Gasteiger partial charge < -0.3 is 0 Å². The Morgan fingerprint density at radius 2 is 1.87 bits per heavy atom. The van der Waals surface area contributed by atoms with Crippen molar-refractivity contribution in [1.29, 1.82) is 0 Å². The summed E-state index contributed by atoms with van der Waals surface area (Å²) in [6.07, 6.45) is 2.51. The van der Waals surface area contributed by atoms with Crippen LogP contribution < -0.4 is 4.72 Å². The molecule has 7 heteroatoms. The standard InChI is InChI=1S/C24H22FN3OS2/c1-4-22-27-23(17-7-5-6-16(2)14-17)24(30-22)18-12-13-26-21(15-18)28-31(3,29)20-10-8-19(25)9-11-20/h5-15H,3-4H2,1-2H3,(H,26,28,29). The van der Waals surface area contributed by atoms with Gasteiger partial charge in [-0.2, -0.15) is 0 Å². The molecule has 0 aliphatic heterocycles. The maximum absolute atomic E-state index is 13.2. The molecule has 0 radical (unpaired) electrons. The minimum atomic E-state index is -2.89. The normalized spacial score (nSPS) is 13.0. The van der Waals surface area contributed by atoms with E-state index in [-0.39, 0.29) is 5.82 Å². The summed E-state index contributed by atoms with van der Waals surface area (Å²) < 4.78 is 29.2. The van der Waals surface area contributed by atoms with Crippen LogP contribution in [0, 0.1) is 12.7 Å². The van der Waals surface area contributed by atoms with Crippen molar-refractivity contribution >= 4 is 32.7 Å². The summed E-state index contributed by atoms with van der Waals surface area (Å²) in [6, 6.07) is 17.5. The Balaban J connectivity index is 1.72. The highest BCUT2D eigenvalue weighted by Gasteiger charge is 2.16. The fraction of sp³-hybridized carbons (Fsp3) is 0.125. The molecule has 2 aromatic heterocycles. The third-order valence-corrected chi connectivity index (χ3v) is 7.57. The van der Waals surface area contributed by atoms with Gasteiger partial charge in [-0.15, -0.1) is 11.3 Å². The van der Waals surface area contributed by atoms with Gasteiger partial charge in [0, 0.05) is 16.7 Å². The molecule has 2 heterocycles. The van der Waals surface area contributed by atoms with E-state index in [1.165, 1.54) is 29.8 Å². The smallest absolute Gasteiger partial charge is 0.138 e. The first kappa shape index (κ1) is 21.2. The first-order valence-electron chi connectivity index (χ1n) is 9.79. The summed E-state index contributed by atoms with van der Waals surface area (Å²) in [5, 5.41) is 1.05. The zero-order chi connectivity index (χ0) is 22.0. The van der Waals surface area contributed by atoms with E-state index in [9.17, 15) is 8.60 Å². The molecule has 0 aliphatic rings. The molecule has 158 valence electrons. The van der Waals surface area contributed by atoms with E-state index in [1.54, 1.807) is 17.5 Å². The van der Waals surface area contributed by atoms with Crippen LogP contribution in [0.15, 0.2) is 71.8 Å². The number of anilines is 1. The third-order valence-electron chi connectivity index (χ3n) is 4.75. The van der Waals surface area contributed by atoms with Crippen molar-refractivity contribution in [3.05, 3.63) is 83.2 Å². The number of aromatic nitrogens is 2. The number of thiazole rings is 1. The van der Waals surface area contributed by atoms with Crippen LogP contribution in [0.1, 0.15) is 17.5 Å². The predicted octanol–water partition coefficient (Wildman–Crippen LogP) is 5.98. The first-order valence-corrected chi connectivity index (χ1v) is 12.3. The second-order valence-electron chi connectivity index (χ2n) is 7.17. The number of benzene rings is 2. The second-order valence-corrected chi connectivity index (χ2v) is 10.3. The van der Waals surface area contributed by atoms with Crippen molar-refractivity contribution in [2.75, 3.05) is 4.72 Å². The molecule has 0 saturated carbocycles. The van der Waals surface area contributed by atoms with Crippen LogP contribution >= 0.6 is 11.3 Å². The van der Waals surface area contributed by atoms with Gasteiger partial charge >= 0.3 is 0 Å². The number of aryl methyl sites for hydroxylation is 2. The van der Waals surface area contributed by atoms with Crippen molar-refractivity contribution in [3.63, 3.8) is 0 Å². The molecule has 4 aromatic rings. The number of halogens is 1. The van der Waals surface area contributed by atoms with Crippen molar-refractivity contribution in [2.45, 2.75) is 25.2 Å². The zero-order valence-electron chi connectivity index (χ0n) is 17.3. The summed E-state index contributed by atoms with van der Waals surface area (Å²) in [4.78, 5) is 10.6. The van der Waals surface area contributed by atoms with Gasteiger partial charge in [0.05, 0.1) is 25.3 Å². The van der Waals surface area contributed by atoms with Gasteiger partial charge in [0.1, 0.15) is 11.6 Å². The van der Waals surface area contributed by atoms with Crippen molar-refractivity contribution in [1.82, 2.24) is 9.97 Å². The lowest BCUT2D eigenvalue weighted by atomic mass is 10.1. The molecule has 0 bridgehead atoms. The van der Waals surface area contributed by atoms with Gasteiger partial charge in [-0.25, -0.2) is 18.6 Å². The minimum absolute atomic E-state index is 0.389. The number of nitrogens with zero attached hydrogens (tertiary/aromatic N) is 2. The highest BCUT2D eigenvalue weighted by molar-refractivity contribution is 8.01. The van der Waals surface area contributed by atoms with Crippen molar-refractivity contribution < 1.29 is 8.60 Å². The van der Waals surface area contributed by atoms with Gasteiger partial charge in [0.2, 0.25) is 0 Å². The quantitative estimate of drug-likeness (QED) is 0.367. The van der Waals surface area contributed by atoms with Crippen LogP contribution in [0.4, 0.5) is 10.2 Å². The fourth-order valence-electron chi connectivity index (χ4n) is 3.21. The molecule has 0 spiro atoms. The maximum Gasteiger partial charge on any atom is 0.138 e. The largest absolute Gasteiger partial charge is 0.294 e. The van der Waals surface area contributed by atoms with Gasteiger partial charge in [-0.1, -0.05) is 30.7 Å². The molecule has 0 amide bonds. The third kappa shape index (κ3) is 4.68. The van der Waals surface area contributed by atoms with Gasteiger partial charge in [0.15, 0.2) is 0 Å². The lowest BCUT2D eigenvalue weighted by Crippen LogP contribution is -2.13. The monoisotopic (exact) mass is 451 g/mol. The second kappa shape index (κ2) is 8.61. The Labute approximate surface area is 186 Å². The summed E-state index contributed by atoms with van der Waals surface area (Å²) in [7, 11) is -2.89. The number of hydrogen-bond donors (Lipinski definition) is 1. The summed E-state index contributed by atoms with van der Waals surface area (Å²) >= 11 is 1.64. The summed E-state index contributed by atoms with van der Waals surface area (Å²) in [6.45, 7) is 4.15. The Morgan fingerprint density at radius 3 is 2.58 bits per heavy atom. The highest BCUT2D eigenvalue weighted by Crippen LogP contribution is 2.38. The molecular weight excluding hydrogens is 429 g/mol. The van der Waals surface area contributed by atoms with E-state index in [4.69, 9.17) is 4.98 Å². The molecule has 1 unspecified atom stereocenters. The molecule has 1 N–H and O–H groups in total. The number of pyridine rings is 1. The van der Waals surface area contributed by atoms with E-state index in [1.807, 2.05) is 18.2 Å². The average molecular weight is 452 g/mol. The molecular formula is C24H22FN3OS2. The van der Waals surface area contributed by atoms with Gasteiger partial charge in [0.25, 0.3) is 0 Å². The number of nitrogens with one attached hydrogen (secondary N) is 1. The molecule has 2 aromatic carbocycles. The molecule has 31 heavy (non-hydrogen) atoms. The molecule has 0 aliphatic carbocycles. The van der Waals surface area contributed by atoms with E-state index >= 15 is 0 Å². The van der Waals surface area contributed by atoms with Crippen LogP contribution in [0.3, 0.4) is 0 Å². The molecule has 4 rings (SSSR count). The fourth-order valence-corrected chi connectivity index (χ4v) is 5.37. The number of rotatable bonds is 6. The highest BCUT2D eigenvalue weighted by atomic mass is 32.2. The first-order chi connectivity index (χ1) is 14.9. The van der Waals surface area contributed by atoms with Crippen LogP contribution in [0.5, 0.6) is 0 Å². The van der Waals surface area contributed by atoms with Crippen molar-refractivity contribution in [3.8, 4) is 21.7 Å². The van der Waals surface area contributed by atoms with Gasteiger partial charge in [-0.05, 0) is 67.2 Å². The minimum Gasteiger partial charge on any atom is -0.294 e. The van der Waals surface area contributed by atoms with Crippen LogP contribution in [0.2, 0.25) is 0 Å². The van der Waals surface area contributed by atoms with Gasteiger partial charge in [-0.3, -0.25) is 4.72 Å². The Kier molecular flexibility index (Phi) is 5.89. The van der Waals surface area contributed by atoms with Crippen LogP contribution in [0.25, 0.3) is 21.7 Å².